The summed E-state index contributed by atoms with van der Waals surface area (Å²) in [5.74, 6) is -3.08. The van der Waals surface area contributed by atoms with Crippen molar-refractivity contribution in [2.45, 2.75) is 157 Å². The molecular weight excluding hydrogens is 602 g/mol. The van der Waals surface area contributed by atoms with Crippen LogP contribution in [-0.4, -0.2) is 72.3 Å². The fourth-order valence-electron chi connectivity index (χ4n) is 5.52. The third-order valence-electron chi connectivity index (χ3n) is 8.48. The monoisotopic (exact) mass is 665 g/mol. The Morgan fingerprint density at radius 1 is 0.723 bits per heavy atom. The highest BCUT2D eigenvalue weighted by Gasteiger charge is 2.32. The van der Waals surface area contributed by atoms with Gasteiger partial charge in [0.2, 0.25) is 29.5 Å². The SMILES string of the molecule is CC(C)CCCCC(C)(C)CCC[C@@H]1CC(=O)NCC(=O)N[C@@H](C(C)C)C(=O)N[C@@H](CC(C)C)C(=O)N[C@@H](C)C(=O)N[C@@H](C)C(=O)O1. The van der Waals surface area contributed by atoms with Crippen molar-refractivity contribution in [3.05, 3.63) is 0 Å². The molecule has 0 aromatic rings. The molecule has 12 nitrogen and oxygen atoms in total. The fourth-order valence-corrected chi connectivity index (χ4v) is 5.52. The van der Waals surface area contributed by atoms with Gasteiger partial charge in [-0.2, -0.15) is 0 Å². The van der Waals surface area contributed by atoms with Gasteiger partial charge < -0.3 is 31.3 Å². The summed E-state index contributed by atoms with van der Waals surface area (Å²) in [5, 5.41) is 13.2. The minimum atomic E-state index is -1.05. The van der Waals surface area contributed by atoms with E-state index in [0.29, 0.717) is 18.8 Å². The van der Waals surface area contributed by atoms with Gasteiger partial charge in [-0.3, -0.25) is 24.0 Å². The number of hydrogen-bond acceptors (Lipinski definition) is 7. The minimum Gasteiger partial charge on any atom is -0.460 e. The normalized spacial score (nSPS) is 24.8. The molecule has 47 heavy (non-hydrogen) atoms. The van der Waals surface area contributed by atoms with Gasteiger partial charge in [-0.25, -0.2) is 4.79 Å². The molecule has 0 saturated carbocycles. The second-order valence-corrected chi connectivity index (χ2v) is 15.2. The summed E-state index contributed by atoms with van der Waals surface area (Å²) in [6.07, 6.45) is 5.99. The maximum Gasteiger partial charge on any atom is 0.328 e. The molecule has 0 unspecified atom stereocenters. The lowest BCUT2D eigenvalue weighted by Crippen LogP contribution is -2.58. The topological polar surface area (TPSA) is 172 Å². The van der Waals surface area contributed by atoms with Crippen LogP contribution in [0.2, 0.25) is 0 Å². The predicted octanol–water partition coefficient (Wildman–Crippen LogP) is 3.51. The maximum absolute atomic E-state index is 13.3. The number of carbonyl (C=O) groups is 6. The molecule has 0 aromatic carbocycles. The van der Waals surface area contributed by atoms with Crippen molar-refractivity contribution in [1.29, 1.82) is 0 Å². The molecule has 0 radical (unpaired) electrons. The van der Waals surface area contributed by atoms with Crippen LogP contribution >= 0.6 is 0 Å². The molecule has 12 heteroatoms. The number of ether oxygens (including phenoxy) is 1. The van der Waals surface area contributed by atoms with E-state index in [1.54, 1.807) is 13.8 Å². The second kappa shape index (κ2) is 20.2. The molecule has 1 heterocycles. The van der Waals surface area contributed by atoms with Crippen LogP contribution < -0.4 is 26.6 Å². The first-order valence-electron chi connectivity index (χ1n) is 17.5. The van der Waals surface area contributed by atoms with E-state index in [1.807, 2.05) is 13.8 Å². The van der Waals surface area contributed by atoms with Crippen LogP contribution in [0.5, 0.6) is 0 Å². The van der Waals surface area contributed by atoms with Gasteiger partial charge in [0.05, 0.1) is 13.0 Å². The van der Waals surface area contributed by atoms with Crippen LogP contribution in [0.4, 0.5) is 0 Å². The molecule has 0 aromatic heterocycles. The summed E-state index contributed by atoms with van der Waals surface area (Å²) in [6.45, 7) is 18.8. The third-order valence-corrected chi connectivity index (χ3v) is 8.48. The Bertz CT molecular complexity index is 1060. The van der Waals surface area contributed by atoms with Gasteiger partial charge in [0.15, 0.2) is 0 Å². The molecule has 1 saturated heterocycles. The van der Waals surface area contributed by atoms with E-state index in [-0.39, 0.29) is 30.2 Å². The lowest BCUT2D eigenvalue weighted by molar-refractivity contribution is -0.154. The standard InChI is InChI=1S/C35H63N5O7/c1-21(2)14-11-12-16-35(9,10)17-13-15-26-19-28(41)36-20-29(42)40-30(23(5)6)33(45)39-27(18-22(3)4)32(44)37-24(7)31(43)38-25(8)34(46)47-26/h21-27,30H,11-20H2,1-10H3,(H,36,41)(H,37,44)(H,38,43)(H,39,45)(H,40,42)/t24-,25-,26+,27-,30-/m0/s1. The molecule has 1 aliphatic heterocycles. The van der Waals surface area contributed by atoms with E-state index in [9.17, 15) is 28.8 Å². The number of hydrogen-bond donors (Lipinski definition) is 5. The fraction of sp³-hybridized carbons (Fsp3) is 0.829. The van der Waals surface area contributed by atoms with Gasteiger partial charge in [-0.15, -0.1) is 0 Å². The quantitative estimate of drug-likeness (QED) is 0.157. The predicted molar refractivity (Wildman–Crippen MR) is 182 cm³/mol. The summed E-state index contributed by atoms with van der Waals surface area (Å²) >= 11 is 0. The zero-order valence-electron chi connectivity index (χ0n) is 30.5. The van der Waals surface area contributed by atoms with Crippen LogP contribution in [-0.2, 0) is 33.5 Å². The lowest BCUT2D eigenvalue weighted by atomic mass is 9.81. The Labute approximate surface area is 282 Å². The van der Waals surface area contributed by atoms with Crippen molar-refractivity contribution in [3.63, 3.8) is 0 Å². The Morgan fingerprint density at radius 2 is 1.34 bits per heavy atom. The van der Waals surface area contributed by atoms with Crippen molar-refractivity contribution < 1.29 is 33.5 Å². The first-order chi connectivity index (χ1) is 21.8. The molecule has 5 amide bonds. The highest BCUT2D eigenvalue weighted by atomic mass is 16.5. The number of amides is 5. The van der Waals surface area contributed by atoms with Gasteiger partial charge in [-0.05, 0) is 69.1 Å². The highest BCUT2D eigenvalue weighted by Crippen LogP contribution is 2.31. The number of rotatable bonds is 12. The van der Waals surface area contributed by atoms with Crippen LogP contribution in [0, 0.1) is 23.2 Å². The molecule has 1 aliphatic rings. The molecule has 5 N–H and O–H groups in total. The number of carbonyl (C=O) groups excluding carboxylic acids is 6. The summed E-state index contributed by atoms with van der Waals surface area (Å²) in [4.78, 5) is 78.2. The van der Waals surface area contributed by atoms with Crippen LogP contribution in [0.25, 0.3) is 0 Å². The molecule has 270 valence electrons. The number of esters is 1. The van der Waals surface area contributed by atoms with Crippen LogP contribution in [0.3, 0.4) is 0 Å². The zero-order chi connectivity index (χ0) is 35.9. The molecule has 5 atom stereocenters. The molecule has 1 rings (SSSR count). The molecule has 0 spiro atoms. The first kappa shape index (κ1) is 41.8. The smallest absolute Gasteiger partial charge is 0.328 e. The van der Waals surface area contributed by atoms with Crippen molar-refractivity contribution in [3.8, 4) is 0 Å². The van der Waals surface area contributed by atoms with Crippen LogP contribution in [0.15, 0.2) is 0 Å². The van der Waals surface area contributed by atoms with Crippen molar-refractivity contribution in [2.24, 2.45) is 23.2 Å². The summed E-state index contributed by atoms with van der Waals surface area (Å²) in [6, 6.07) is -3.99. The summed E-state index contributed by atoms with van der Waals surface area (Å²) in [5.41, 5.74) is 0.0881. The number of cyclic esters (lactones) is 1. The van der Waals surface area contributed by atoms with Gasteiger partial charge in [0.25, 0.3) is 0 Å². The van der Waals surface area contributed by atoms with E-state index in [1.165, 1.54) is 26.7 Å². The molecular formula is C35H63N5O7. The number of unbranched alkanes of at least 4 members (excludes halogenated alkanes) is 1. The molecule has 0 bridgehead atoms. The maximum atomic E-state index is 13.3. The number of nitrogens with one attached hydrogen (secondary N) is 5. The molecule has 0 aliphatic carbocycles. The van der Waals surface area contributed by atoms with E-state index in [4.69, 9.17) is 4.74 Å². The van der Waals surface area contributed by atoms with Gasteiger partial charge in [0, 0.05) is 0 Å². The van der Waals surface area contributed by atoms with Crippen LogP contribution in [0.1, 0.15) is 127 Å². The van der Waals surface area contributed by atoms with E-state index in [2.05, 4.69) is 54.3 Å². The first-order valence-corrected chi connectivity index (χ1v) is 17.5. The highest BCUT2D eigenvalue weighted by molar-refractivity contribution is 5.95. The van der Waals surface area contributed by atoms with E-state index < -0.39 is 65.8 Å². The van der Waals surface area contributed by atoms with Crippen molar-refractivity contribution in [1.82, 2.24) is 26.6 Å². The Balaban J connectivity index is 3.14. The van der Waals surface area contributed by atoms with Gasteiger partial charge >= 0.3 is 5.97 Å². The third kappa shape index (κ3) is 17.0. The summed E-state index contributed by atoms with van der Waals surface area (Å²) < 4.78 is 5.74. The van der Waals surface area contributed by atoms with Crippen molar-refractivity contribution >= 4 is 35.5 Å². The Kier molecular flexibility index (Phi) is 18.0. The van der Waals surface area contributed by atoms with Crippen molar-refractivity contribution in [2.75, 3.05) is 6.54 Å². The Morgan fingerprint density at radius 3 is 1.94 bits per heavy atom. The second-order valence-electron chi connectivity index (χ2n) is 15.2. The summed E-state index contributed by atoms with van der Waals surface area (Å²) in [7, 11) is 0. The average molecular weight is 666 g/mol. The Hall–Kier alpha value is -3.18. The van der Waals surface area contributed by atoms with Gasteiger partial charge in [0.1, 0.15) is 30.3 Å². The largest absolute Gasteiger partial charge is 0.460 e. The zero-order valence-corrected chi connectivity index (χ0v) is 30.5. The van der Waals surface area contributed by atoms with E-state index >= 15 is 0 Å². The minimum absolute atomic E-state index is 0.0302. The molecule has 1 fully saturated rings. The lowest BCUT2D eigenvalue weighted by Gasteiger charge is -2.27. The average Bonchev–Trinajstić information content (AvgIpc) is 2.95. The van der Waals surface area contributed by atoms with Gasteiger partial charge in [-0.1, -0.05) is 74.7 Å². The van der Waals surface area contributed by atoms with E-state index in [0.717, 1.165) is 25.7 Å².